The molecule has 1 saturated carbocycles. The number of rotatable bonds is 8. The van der Waals surface area contributed by atoms with Gasteiger partial charge in [0.05, 0.1) is 19.5 Å². The number of anilines is 2. The van der Waals surface area contributed by atoms with Crippen molar-refractivity contribution in [2.45, 2.75) is 25.9 Å². The van der Waals surface area contributed by atoms with E-state index in [1.807, 2.05) is 0 Å². The van der Waals surface area contributed by atoms with Gasteiger partial charge in [-0.25, -0.2) is 24.7 Å². The average Bonchev–Trinajstić information content (AvgIpc) is 3.31. The minimum absolute atomic E-state index is 0.0923. The molecule has 38 heavy (non-hydrogen) atoms. The number of nitrogens with one attached hydrogen (secondary N) is 1. The lowest BCUT2D eigenvalue weighted by Crippen LogP contribution is -2.41. The monoisotopic (exact) mass is 537 g/mol. The molecule has 6 rings (SSSR count). The Labute approximate surface area is 220 Å². The molecule has 1 saturated heterocycles. The Kier molecular flexibility index (Phi) is 6.07. The zero-order valence-corrected chi connectivity index (χ0v) is 22.0. The van der Waals surface area contributed by atoms with E-state index in [-0.39, 0.29) is 30.2 Å². The number of hydrogen-bond donors (Lipinski definition) is 1. The lowest BCUT2D eigenvalue weighted by Gasteiger charge is -2.17. The number of fused-ring (bicyclic) bond motifs is 2. The Morgan fingerprint density at radius 1 is 1.21 bits per heavy atom. The Balaban J connectivity index is 1.19. The van der Waals surface area contributed by atoms with Crippen molar-refractivity contribution in [1.82, 2.24) is 33.6 Å². The standard InChI is InChI=1S/C24H27N9O4S/c1-13(33-12-27-19-18(33)22(35)32(4-5-37-3)24(36)30(19)2)20(34)28-17-11-38-21(29-17)16-7-25-23(26-8-16)31-9-14-6-15(14)10-31/h7-8,11-15H,4-6,9-10H2,1-3H3,(H,28,34). The molecule has 4 aromatic heterocycles. The predicted molar refractivity (Wildman–Crippen MR) is 141 cm³/mol. The fraction of sp³-hybridized carbons (Fsp3) is 0.458. The lowest BCUT2D eigenvalue weighted by atomic mass is 10.3. The summed E-state index contributed by atoms with van der Waals surface area (Å²) in [5.74, 6) is 2.35. The first-order chi connectivity index (χ1) is 18.4. The van der Waals surface area contributed by atoms with Gasteiger partial charge in [-0.1, -0.05) is 0 Å². The van der Waals surface area contributed by atoms with Crippen molar-refractivity contribution in [2.24, 2.45) is 18.9 Å². The normalized spacial score (nSPS) is 19.1. The van der Waals surface area contributed by atoms with Gasteiger partial charge in [-0.2, -0.15) is 0 Å². The number of nitrogens with zero attached hydrogens (tertiary/aromatic N) is 8. The third-order valence-corrected chi connectivity index (χ3v) is 8.17. The number of hydrogen-bond acceptors (Lipinski definition) is 10. The summed E-state index contributed by atoms with van der Waals surface area (Å²) in [4.78, 5) is 58.9. The molecule has 1 aliphatic heterocycles. The maximum absolute atomic E-state index is 13.1. The van der Waals surface area contributed by atoms with Crippen molar-refractivity contribution in [1.29, 1.82) is 0 Å². The van der Waals surface area contributed by atoms with Crippen LogP contribution in [0.25, 0.3) is 21.7 Å². The molecule has 1 aliphatic carbocycles. The molecule has 0 bridgehead atoms. The number of aromatic nitrogens is 7. The maximum atomic E-state index is 13.1. The third-order valence-electron chi connectivity index (χ3n) is 7.28. The number of amides is 1. The number of ether oxygens (including phenoxy) is 1. The Bertz CT molecular complexity index is 1630. The van der Waals surface area contributed by atoms with Crippen LogP contribution in [-0.2, 0) is 23.1 Å². The van der Waals surface area contributed by atoms with Crippen LogP contribution < -0.4 is 21.5 Å². The van der Waals surface area contributed by atoms with Crippen LogP contribution in [0.4, 0.5) is 11.8 Å². The lowest BCUT2D eigenvalue weighted by molar-refractivity contribution is -0.118. The van der Waals surface area contributed by atoms with Gasteiger partial charge in [0, 0.05) is 50.6 Å². The van der Waals surface area contributed by atoms with Gasteiger partial charge in [0.25, 0.3) is 5.56 Å². The van der Waals surface area contributed by atoms with E-state index in [1.54, 1.807) is 24.7 Å². The van der Waals surface area contributed by atoms with Crippen LogP contribution in [0.2, 0.25) is 0 Å². The van der Waals surface area contributed by atoms with Gasteiger partial charge in [0.1, 0.15) is 16.9 Å². The molecular weight excluding hydrogens is 510 g/mol. The molecular formula is C24H27N9O4S. The summed E-state index contributed by atoms with van der Waals surface area (Å²) in [5, 5.41) is 5.24. The quantitative estimate of drug-likeness (QED) is 0.350. The van der Waals surface area contributed by atoms with Crippen LogP contribution in [0.15, 0.2) is 33.7 Å². The van der Waals surface area contributed by atoms with E-state index in [0.29, 0.717) is 10.8 Å². The van der Waals surface area contributed by atoms with Gasteiger partial charge in [-0.3, -0.25) is 18.7 Å². The highest BCUT2D eigenvalue weighted by atomic mass is 32.1. The van der Waals surface area contributed by atoms with E-state index in [4.69, 9.17) is 4.74 Å². The molecule has 2 aliphatic rings. The van der Waals surface area contributed by atoms with Crippen LogP contribution in [0.3, 0.4) is 0 Å². The van der Waals surface area contributed by atoms with Crippen molar-refractivity contribution < 1.29 is 9.53 Å². The fourth-order valence-corrected chi connectivity index (χ4v) is 5.67. The second-order valence-corrected chi connectivity index (χ2v) is 10.6. The minimum Gasteiger partial charge on any atom is -0.383 e. The molecule has 2 fully saturated rings. The van der Waals surface area contributed by atoms with Crippen molar-refractivity contribution in [2.75, 3.05) is 37.0 Å². The summed E-state index contributed by atoms with van der Waals surface area (Å²) in [6, 6.07) is -0.791. The molecule has 1 amide bonds. The Morgan fingerprint density at radius 2 is 1.95 bits per heavy atom. The molecule has 13 nitrogen and oxygen atoms in total. The van der Waals surface area contributed by atoms with Crippen molar-refractivity contribution in [3.05, 3.63) is 44.9 Å². The van der Waals surface area contributed by atoms with Gasteiger partial charge in [-0.15, -0.1) is 11.3 Å². The summed E-state index contributed by atoms with van der Waals surface area (Å²) >= 11 is 1.38. The maximum Gasteiger partial charge on any atom is 0.332 e. The summed E-state index contributed by atoms with van der Waals surface area (Å²) in [6.07, 6.45) is 6.24. The Morgan fingerprint density at radius 3 is 2.66 bits per heavy atom. The van der Waals surface area contributed by atoms with Gasteiger partial charge in [0.2, 0.25) is 11.9 Å². The first-order valence-electron chi connectivity index (χ1n) is 12.3. The summed E-state index contributed by atoms with van der Waals surface area (Å²) in [7, 11) is 3.03. The first kappa shape index (κ1) is 24.4. The fourth-order valence-electron chi connectivity index (χ4n) is 4.94. The van der Waals surface area contributed by atoms with Crippen LogP contribution in [-0.4, -0.2) is 66.4 Å². The van der Waals surface area contributed by atoms with E-state index in [1.165, 1.54) is 47.4 Å². The van der Waals surface area contributed by atoms with Crippen LogP contribution in [0.1, 0.15) is 19.4 Å². The number of thiazole rings is 1. The van der Waals surface area contributed by atoms with Gasteiger partial charge >= 0.3 is 5.69 Å². The third kappa shape index (κ3) is 4.19. The zero-order valence-electron chi connectivity index (χ0n) is 21.2. The van der Waals surface area contributed by atoms with Crippen LogP contribution >= 0.6 is 11.3 Å². The average molecular weight is 538 g/mol. The van der Waals surface area contributed by atoms with E-state index in [2.05, 4.69) is 30.2 Å². The van der Waals surface area contributed by atoms with Crippen LogP contribution in [0, 0.1) is 11.8 Å². The van der Waals surface area contributed by atoms with Gasteiger partial charge in [-0.05, 0) is 25.2 Å². The zero-order chi connectivity index (χ0) is 26.6. The molecule has 0 radical (unpaired) electrons. The van der Waals surface area contributed by atoms with Gasteiger partial charge < -0.3 is 19.5 Å². The topological polar surface area (TPSA) is 142 Å². The molecule has 198 valence electrons. The molecule has 3 atom stereocenters. The van der Waals surface area contributed by atoms with E-state index < -0.39 is 17.3 Å². The largest absolute Gasteiger partial charge is 0.383 e. The SMILES string of the molecule is COCCn1c(=O)c2c(ncn2C(C)C(=O)Nc2csc(-c3cnc(N4CC5CC5C4)nc3)n2)n(C)c1=O. The molecule has 4 aromatic rings. The highest BCUT2D eigenvalue weighted by molar-refractivity contribution is 7.13. The number of aryl methyl sites for hydroxylation is 1. The molecule has 14 heteroatoms. The van der Waals surface area contributed by atoms with Crippen LogP contribution in [0.5, 0.6) is 0 Å². The highest BCUT2D eigenvalue weighted by Gasteiger charge is 2.45. The molecule has 1 N–H and O–H groups in total. The molecule has 0 spiro atoms. The second-order valence-electron chi connectivity index (χ2n) is 9.75. The highest BCUT2D eigenvalue weighted by Crippen LogP contribution is 2.45. The number of carbonyl (C=O) groups excluding carboxylic acids is 1. The van der Waals surface area contributed by atoms with Crippen molar-refractivity contribution in [3.63, 3.8) is 0 Å². The van der Waals surface area contributed by atoms with E-state index in [9.17, 15) is 14.4 Å². The summed E-state index contributed by atoms with van der Waals surface area (Å²) in [6.45, 7) is 4.00. The molecule has 3 unspecified atom stereocenters. The number of imidazole rings is 1. The smallest absolute Gasteiger partial charge is 0.332 e. The molecule has 5 heterocycles. The van der Waals surface area contributed by atoms with Gasteiger partial charge in [0.15, 0.2) is 11.2 Å². The van der Waals surface area contributed by atoms with E-state index >= 15 is 0 Å². The predicted octanol–water partition coefficient (Wildman–Crippen LogP) is 1.11. The number of piperidine rings is 1. The minimum atomic E-state index is -0.791. The number of carbonyl (C=O) groups is 1. The Hall–Kier alpha value is -3.91. The van der Waals surface area contributed by atoms with Crippen molar-refractivity contribution >= 4 is 40.2 Å². The molecule has 0 aromatic carbocycles. The summed E-state index contributed by atoms with van der Waals surface area (Å²) in [5.41, 5.74) is 0.124. The van der Waals surface area contributed by atoms with Crippen molar-refractivity contribution in [3.8, 4) is 10.6 Å². The number of methoxy groups -OCH3 is 1. The first-order valence-corrected chi connectivity index (χ1v) is 13.2. The summed E-state index contributed by atoms with van der Waals surface area (Å²) < 4.78 is 8.88. The second kappa shape index (κ2) is 9.44. The van der Waals surface area contributed by atoms with E-state index in [0.717, 1.165) is 41.0 Å².